The van der Waals surface area contributed by atoms with Gasteiger partial charge in [-0.15, -0.1) is 0 Å². The fourth-order valence-corrected chi connectivity index (χ4v) is 1.45. The van der Waals surface area contributed by atoms with E-state index < -0.39 is 11.8 Å². The van der Waals surface area contributed by atoms with Crippen LogP contribution in [0.15, 0.2) is 18.2 Å². The van der Waals surface area contributed by atoms with Crippen LogP contribution in [0.1, 0.15) is 23.7 Å². The zero-order valence-corrected chi connectivity index (χ0v) is 9.57. The van der Waals surface area contributed by atoms with E-state index in [0.29, 0.717) is 16.9 Å². The molecule has 92 valence electrons. The van der Waals surface area contributed by atoms with Gasteiger partial charge in [0.1, 0.15) is 0 Å². The van der Waals surface area contributed by atoms with Crippen LogP contribution in [0.2, 0.25) is 0 Å². The minimum absolute atomic E-state index is 0.169. The van der Waals surface area contributed by atoms with Crippen LogP contribution in [-0.4, -0.2) is 17.9 Å². The Morgan fingerprint density at radius 2 is 2.00 bits per heavy atom. The molecule has 1 unspecified atom stereocenters. The minimum atomic E-state index is -0.532. The molecular formula is C11H16N4O2. The number of carbonyl (C=O) groups excluding carboxylic acids is 2. The molecule has 17 heavy (non-hydrogen) atoms. The number of nitrogens with two attached hydrogens (primary N) is 3. The summed E-state index contributed by atoms with van der Waals surface area (Å²) in [6, 6.07) is 4.51. The molecule has 0 aliphatic carbocycles. The zero-order valence-electron chi connectivity index (χ0n) is 9.57. The molecule has 0 radical (unpaired) electrons. The minimum Gasteiger partial charge on any atom is -0.397 e. The van der Waals surface area contributed by atoms with Crippen molar-refractivity contribution in [2.24, 2.45) is 11.5 Å². The van der Waals surface area contributed by atoms with Gasteiger partial charge >= 0.3 is 0 Å². The van der Waals surface area contributed by atoms with Crippen molar-refractivity contribution in [3.05, 3.63) is 23.8 Å². The van der Waals surface area contributed by atoms with E-state index >= 15 is 0 Å². The van der Waals surface area contributed by atoms with Crippen LogP contribution in [0.5, 0.6) is 0 Å². The zero-order chi connectivity index (χ0) is 13.0. The Balaban J connectivity index is 2.86. The van der Waals surface area contributed by atoms with E-state index in [2.05, 4.69) is 5.32 Å². The lowest BCUT2D eigenvalue weighted by molar-refractivity contribution is -0.118. The summed E-state index contributed by atoms with van der Waals surface area (Å²) in [7, 11) is 0. The Hall–Kier alpha value is -2.24. The van der Waals surface area contributed by atoms with E-state index in [9.17, 15) is 9.59 Å². The Bertz CT molecular complexity index is 445. The standard InChI is InChI=1S/C11H16N4O2/c1-6(4-10(13)16)15-9-5-7(11(14)17)2-3-8(9)12/h2-3,5-6,15H,4,12H2,1H3,(H2,13,16)(H2,14,17). The van der Waals surface area contributed by atoms with Gasteiger partial charge in [0.15, 0.2) is 0 Å². The average Bonchev–Trinajstić information content (AvgIpc) is 2.19. The van der Waals surface area contributed by atoms with Gasteiger partial charge in [-0.3, -0.25) is 9.59 Å². The first-order valence-corrected chi connectivity index (χ1v) is 5.14. The summed E-state index contributed by atoms with van der Waals surface area (Å²) < 4.78 is 0. The molecule has 0 aromatic heterocycles. The quantitative estimate of drug-likeness (QED) is 0.539. The molecule has 1 aromatic rings. The first-order valence-electron chi connectivity index (χ1n) is 5.14. The summed E-state index contributed by atoms with van der Waals surface area (Å²) in [5.74, 6) is -0.940. The number of benzene rings is 1. The third kappa shape index (κ3) is 3.67. The van der Waals surface area contributed by atoms with E-state index in [4.69, 9.17) is 17.2 Å². The molecule has 6 nitrogen and oxygen atoms in total. The normalized spacial score (nSPS) is 11.8. The van der Waals surface area contributed by atoms with Gasteiger partial charge in [0.2, 0.25) is 11.8 Å². The van der Waals surface area contributed by atoms with Crippen molar-refractivity contribution in [3.63, 3.8) is 0 Å². The number of primary amides is 2. The highest BCUT2D eigenvalue weighted by atomic mass is 16.1. The van der Waals surface area contributed by atoms with Gasteiger partial charge in [-0.2, -0.15) is 0 Å². The molecule has 0 spiro atoms. The van der Waals surface area contributed by atoms with Crippen molar-refractivity contribution in [3.8, 4) is 0 Å². The molecule has 1 atom stereocenters. The van der Waals surface area contributed by atoms with E-state index in [0.717, 1.165) is 0 Å². The SMILES string of the molecule is CC(CC(N)=O)Nc1cc(C(N)=O)ccc1N. The maximum absolute atomic E-state index is 11.0. The molecule has 6 heteroatoms. The Kier molecular flexibility index (Phi) is 3.92. The van der Waals surface area contributed by atoms with E-state index in [1.807, 2.05) is 0 Å². The highest BCUT2D eigenvalue weighted by Gasteiger charge is 2.09. The van der Waals surface area contributed by atoms with Crippen LogP contribution < -0.4 is 22.5 Å². The van der Waals surface area contributed by atoms with Gasteiger partial charge in [0.25, 0.3) is 0 Å². The van der Waals surface area contributed by atoms with Gasteiger partial charge in [-0.1, -0.05) is 0 Å². The predicted molar refractivity (Wildman–Crippen MR) is 66.3 cm³/mol. The molecule has 0 aliphatic heterocycles. The maximum atomic E-state index is 11.0. The summed E-state index contributed by atoms with van der Waals surface area (Å²) in [6.07, 6.45) is 0.181. The molecule has 1 aromatic carbocycles. The molecule has 7 N–H and O–H groups in total. The van der Waals surface area contributed by atoms with Gasteiger partial charge in [-0.25, -0.2) is 0 Å². The summed E-state index contributed by atoms with van der Waals surface area (Å²) in [5, 5.41) is 3.00. The van der Waals surface area contributed by atoms with E-state index in [-0.39, 0.29) is 12.5 Å². The van der Waals surface area contributed by atoms with Crippen molar-refractivity contribution in [1.29, 1.82) is 0 Å². The Morgan fingerprint density at radius 1 is 1.35 bits per heavy atom. The lowest BCUT2D eigenvalue weighted by Crippen LogP contribution is -2.24. The number of carbonyl (C=O) groups is 2. The number of nitrogens with one attached hydrogen (secondary N) is 1. The molecular weight excluding hydrogens is 220 g/mol. The summed E-state index contributed by atoms with van der Waals surface area (Å²) in [6.45, 7) is 1.79. The van der Waals surface area contributed by atoms with Crippen molar-refractivity contribution in [1.82, 2.24) is 0 Å². The Labute approximate surface area is 99.1 Å². The number of hydrogen-bond donors (Lipinski definition) is 4. The van der Waals surface area contributed by atoms with Crippen LogP contribution in [0.25, 0.3) is 0 Å². The van der Waals surface area contributed by atoms with Gasteiger partial charge < -0.3 is 22.5 Å². The molecule has 0 bridgehead atoms. The molecule has 0 aliphatic rings. The van der Waals surface area contributed by atoms with Crippen LogP contribution in [0.4, 0.5) is 11.4 Å². The van der Waals surface area contributed by atoms with Gasteiger partial charge in [0, 0.05) is 18.0 Å². The third-order valence-corrected chi connectivity index (χ3v) is 2.25. The Morgan fingerprint density at radius 3 is 2.53 bits per heavy atom. The van der Waals surface area contributed by atoms with Crippen LogP contribution in [0, 0.1) is 0 Å². The van der Waals surface area contributed by atoms with Crippen molar-refractivity contribution >= 4 is 23.2 Å². The summed E-state index contributed by atoms with van der Waals surface area (Å²) in [4.78, 5) is 21.7. The largest absolute Gasteiger partial charge is 0.397 e. The van der Waals surface area contributed by atoms with Crippen molar-refractivity contribution < 1.29 is 9.59 Å². The smallest absolute Gasteiger partial charge is 0.248 e. The fourth-order valence-electron chi connectivity index (χ4n) is 1.45. The van der Waals surface area contributed by atoms with E-state index in [1.54, 1.807) is 25.1 Å². The summed E-state index contributed by atoms with van der Waals surface area (Å²) in [5.41, 5.74) is 17.4. The van der Waals surface area contributed by atoms with Crippen LogP contribution >= 0.6 is 0 Å². The topological polar surface area (TPSA) is 124 Å². The van der Waals surface area contributed by atoms with Crippen molar-refractivity contribution in [2.45, 2.75) is 19.4 Å². The molecule has 0 fully saturated rings. The molecule has 2 amide bonds. The third-order valence-electron chi connectivity index (χ3n) is 2.25. The molecule has 0 saturated heterocycles. The first kappa shape index (κ1) is 12.8. The highest BCUT2D eigenvalue weighted by Crippen LogP contribution is 2.21. The number of nitrogen functional groups attached to an aromatic ring is 1. The predicted octanol–water partition coefficient (Wildman–Crippen LogP) is 0.0435. The second-order valence-electron chi connectivity index (χ2n) is 3.88. The van der Waals surface area contributed by atoms with Crippen LogP contribution in [0.3, 0.4) is 0 Å². The van der Waals surface area contributed by atoms with Gasteiger partial charge in [-0.05, 0) is 25.1 Å². The van der Waals surface area contributed by atoms with Crippen LogP contribution in [-0.2, 0) is 4.79 Å². The number of amides is 2. The second-order valence-corrected chi connectivity index (χ2v) is 3.88. The number of rotatable bonds is 5. The summed E-state index contributed by atoms with van der Waals surface area (Å²) >= 11 is 0. The van der Waals surface area contributed by atoms with Gasteiger partial charge in [0.05, 0.1) is 11.4 Å². The fraction of sp³-hybridized carbons (Fsp3) is 0.273. The van der Waals surface area contributed by atoms with E-state index in [1.165, 1.54) is 0 Å². The lowest BCUT2D eigenvalue weighted by Gasteiger charge is -2.15. The molecule has 0 heterocycles. The monoisotopic (exact) mass is 236 g/mol. The maximum Gasteiger partial charge on any atom is 0.248 e. The highest BCUT2D eigenvalue weighted by molar-refractivity contribution is 5.95. The number of anilines is 2. The lowest BCUT2D eigenvalue weighted by atomic mass is 10.1. The van der Waals surface area contributed by atoms with Crippen molar-refractivity contribution in [2.75, 3.05) is 11.1 Å². The molecule has 0 saturated carbocycles. The molecule has 1 rings (SSSR count). The first-order chi connectivity index (χ1) is 7.90. The second kappa shape index (κ2) is 5.20. The average molecular weight is 236 g/mol. The number of hydrogen-bond acceptors (Lipinski definition) is 4.